The van der Waals surface area contributed by atoms with Crippen LogP contribution in [0.1, 0.15) is 37.2 Å². The number of nitrogens with zero attached hydrogens (tertiary/aromatic N) is 2. The van der Waals surface area contributed by atoms with Gasteiger partial charge < -0.3 is 20.3 Å². The van der Waals surface area contributed by atoms with Gasteiger partial charge in [-0.3, -0.25) is 4.99 Å². The highest BCUT2D eigenvalue weighted by atomic mass is 127. The molecule has 1 aromatic rings. The average Bonchev–Trinajstić information content (AvgIpc) is 3.43. The molecule has 1 saturated heterocycles. The van der Waals surface area contributed by atoms with Gasteiger partial charge in [0, 0.05) is 58.4 Å². The number of methoxy groups -OCH3 is 1. The molecule has 2 unspecified atom stereocenters. The Kier molecular flexibility index (Phi) is 9.15. The van der Waals surface area contributed by atoms with Crippen LogP contribution in [0.15, 0.2) is 35.3 Å². The molecular weight excluding hydrogens is 439 g/mol. The standard InChI is InChI=1S/C20H32N4O.HI/c1-21-20(23-19-15-18(19)16-7-4-3-5-8-16)22-17-9-12-24(13-10-17)11-6-14-25-2;/h3-5,7-8,17-19H,6,9-15H2,1-2H3,(H2,21,22,23);1H. The van der Waals surface area contributed by atoms with Crippen molar-refractivity contribution in [2.24, 2.45) is 4.99 Å². The number of halogens is 1. The Labute approximate surface area is 175 Å². The minimum absolute atomic E-state index is 0. The van der Waals surface area contributed by atoms with Gasteiger partial charge in [-0.05, 0) is 31.2 Å². The number of ether oxygens (including phenoxy) is 1. The molecule has 1 heterocycles. The molecule has 1 saturated carbocycles. The lowest BCUT2D eigenvalue weighted by Crippen LogP contribution is -2.49. The van der Waals surface area contributed by atoms with Crippen LogP contribution in [0.2, 0.25) is 0 Å². The molecule has 26 heavy (non-hydrogen) atoms. The van der Waals surface area contributed by atoms with Crippen molar-refractivity contribution in [3.63, 3.8) is 0 Å². The van der Waals surface area contributed by atoms with Crippen LogP contribution in [0.25, 0.3) is 0 Å². The lowest BCUT2D eigenvalue weighted by atomic mass is 10.1. The highest BCUT2D eigenvalue weighted by Crippen LogP contribution is 2.40. The summed E-state index contributed by atoms with van der Waals surface area (Å²) in [4.78, 5) is 6.98. The molecule has 146 valence electrons. The zero-order chi connectivity index (χ0) is 17.5. The molecule has 6 heteroatoms. The molecule has 0 spiro atoms. The van der Waals surface area contributed by atoms with Crippen molar-refractivity contribution in [1.82, 2.24) is 15.5 Å². The van der Waals surface area contributed by atoms with E-state index in [1.54, 1.807) is 7.11 Å². The summed E-state index contributed by atoms with van der Waals surface area (Å²) >= 11 is 0. The summed E-state index contributed by atoms with van der Waals surface area (Å²) in [7, 11) is 3.64. The third kappa shape index (κ3) is 6.39. The van der Waals surface area contributed by atoms with E-state index in [4.69, 9.17) is 4.74 Å². The van der Waals surface area contributed by atoms with Gasteiger partial charge in [-0.1, -0.05) is 30.3 Å². The zero-order valence-electron chi connectivity index (χ0n) is 16.0. The molecule has 2 atom stereocenters. The fourth-order valence-corrected chi connectivity index (χ4v) is 3.70. The number of benzene rings is 1. The van der Waals surface area contributed by atoms with Crippen molar-refractivity contribution >= 4 is 29.9 Å². The van der Waals surface area contributed by atoms with Crippen LogP contribution in [0.5, 0.6) is 0 Å². The second kappa shape index (κ2) is 11.1. The maximum absolute atomic E-state index is 5.14. The van der Waals surface area contributed by atoms with Gasteiger partial charge in [0.1, 0.15) is 0 Å². The van der Waals surface area contributed by atoms with Crippen LogP contribution in [0, 0.1) is 0 Å². The van der Waals surface area contributed by atoms with Crippen molar-refractivity contribution < 1.29 is 4.74 Å². The monoisotopic (exact) mass is 472 g/mol. The van der Waals surface area contributed by atoms with Crippen molar-refractivity contribution in [2.75, 3.05) is 40.4 Å². The summed E-state index contributed by atoms with van der Waals surface area (Å²) in [5.74, 6) is 1.59. The lowest BCUT2D eigenvalue weighted by molar-refractivity contribution is 0.155. The molecule has 2 N–H and O–H groups in total. The largest absolute Gasteiger partial charge is 0.385 e. The van der Waals surface area contributed by atoms with Crippen LogP contribution >= 0.6 is 24.0 Å². The maximum atomic E-state index is 5.14. The molecular formula is C20H33IN4O. The van der Waals surface area contributed by atoms with Crippen molar-refractivity contribution in [3.8, 4) is 0 Å². The van der Waals surface area contributed by atoms with E-state index >= 15 is 0 Å². The number of hydrogen-bond donors (Lipinski definition) is 2. The minimum atomic E-state index is 0. The van der Waals surface area contributed by atoms with Crippen LogP contribution in [-0.4, -0.2) is 63.3 Å². The van der Waals surface area contributed by atoms with Crippen LogP contribution in [-0.2, 0) is 4.74 Å². The van der Waals surface area contributed by atoms with Gasteiger partial charge in [0.05, 0.1) is 0 Å². The normalized spacial score (nSPS) is 24.0. The smallest absolute Gasteiger partial charge is 0.191 e. The van der Waals surface area contributed by atoms with Crippen LogP contribution < -0.4 is 10.6 Å². The number of piperidine rings is 1. The second-order valence-electron chi connectivity index (χ2n) is 7.18. The molecule has 0 radical (unpaired) electrons. The van der Waals surface area contributed by atoms with E-state index in [1.807, 2.05) is 7.05 Å². The zero-order valence-corrected chi connectivity index (χ0v) is 18.3. The Bertz CT molecular complexity index is 546. The number of hydrogen-bond acceptors (Lipinski definition) is 3. The molecule has 2 fully saturated rings. The molecule has 5 nitrogen and oxygen atoms in total. The highest BCUT2D eigenvalue weighted by Gasteiger charge is 2.39. The Morgan fingerprint density at radius 3 is 2.58 bits per heavy atom. The SMILES string of the molecule is CN=C(NC1CCN(CCCOC)CC1)NC1CC1c1ccccc1.I. The van der Waals surface area contributed by atoms with E-state index in [0.29, 0.717) is 18.0 Å². The van der Waals surface area contributed by atoms with E-state index < -0.39 is 0 Å². The Hall–Kier alpha value is -0.860. The number of rotatable bonds is 7. The molecule has 1 aliphatic heterocycles. The first-order valence-electron chi connectivity index (χ1n) is 9.56. The Morgan fingerprint density at radius 2 is 1.92 bits per heavy atom. The average molecular weight is 472 g/mol. The molecule has 0 amide bonds. The lowest BCUT2D eigenvalue weighted by Gasteiger charge is -2.33. The van der Waals surface area contributed by atoms with Gasteiger partial charge in [-0.2, -0.15) is 0 Å². The molecule has 1 aliphatic carbocycles. The molecule has 0 bridgehead atoms. The van der Waals surface area contributed by atoms with Crippen molar-refractivity contribution in [3.05, 3.63) is 35.9 Å². The van der Waals surface area contributed by atoms with Gasteiger partial charge in [0.25, 0.3) is 0 Å². The minimum Gasteiger partial charge on any atom is -0.385 e. The third-order valence-corrected chi connectivity index (χ3v) is 5.32. The van der Waals surface area contributed by atoms with Gasteiger partial charge in [0.15, 0.2) is 5.96 Å². The predicted molar refractivity (Wildman–Crippen MR) is 119 cm³/mol. The molecule has 1 aromatic carbocycles. The van der Waals surface area contributed by atoms with E-state index in [0.717, 1.165) is 38.6 Å². The van der Waals surface area contributed by atoms with Gasteiger partial charge in [0.2, 0.25) is 0 Å². The summed E-state index contributed by atoms with van der Waals surface area (Å²) in [6, 6.07) is 11.8. The second-order valence-corrected chi connectivity index (χ2v) is 7.18. The molecule has 0 aromatic heterocycles. The Balaban J connectivity index is 0.00000243. The topological polar surface area (TPSA) is 48.9 Å². The third-order valence-electron chi connectivity index (χ3n) is 5.32. The predicted octanol–water partition coefficient (Wildman–Crippen LogP) is 2.83. The van der Waals surface area contributed by atoms with E-state index in [1.165, 1.54) is 24.8 Å². The first kappa shape index (κ1) is 21.4. The summed E-state index contributed by atoms with van der Waals surface area (Å²) in [6.45, 7) is 4.33. The summed E-state index contributed by atoms with van der Waals surface area (Å²) in [5, 5.41) is 7.22. The summed E-state index contributed by atoms with van der Waals surface area (Å²) in [6.07, 6.45) is 4.68. The fraction of sp³-hybridized carbons (Fsp3) is 0.650. The van der Waals surface area contributed by atoms with E-state index in [9.17, 15) is 0 Å². The van der Waals surface area contributed by atoms with Crippen molar-refractivity contribution in [1.29, 1.82) is 0 Å². The van der Waals surface area contributed by atoms with Crippen LogP contribution in [0.4, 0.5) is 0 Å². The van der Waals surface area contributed by atoms with Gasteiger partial charge in [-0.25, -0.2) is 0 Å². The summed E-state index contributed by atoms with van der Waals surface area (Å²) < 4.78 is 5.14. The number of likely N-dealkylation sites (tertiary alicyclic amines) is 1. The van der Waals surface area contributed by atoms with Gasteiger partial charge in [-0.15, -0.1) is 24.0 Å². The number of guanidine groups is 1. The van der Waals surface area contributed by atoms with E-state index in [2.05, 4.69) is 50.9 Å². The Morgan fingerprint density at radius 1 is 1.19 bits per heavy atom. The molecule has 3 rings (SSSR count). The van der Waals surface area contributed by atoms with Crippen molar-refractivity contribution in [2.45, 2.75) is 43.7 Å². The highest BCUT2D eigenvalue weighted by molar-refractivity contribution is 14.0. The number of nitrogens with one attached hydrogen (secondary N) is 2. The fourth-order valence-electron chi connectivity index (χ4n) is 3.70. The molecule has 2 aliphatic rings. The summed E-state index contributed by atoms with van der Waals surface area (Å²) in [5.41, 5.74) is 1.43. The van der Waals surface area contributed by atoms with Crippen LogP contribution in [0.3, 0.4) is 0 Å². The first-order valence-corrected chi connectivity index (χ1v) is 9.56. The maximum Gasteiger partial charge on any atom is 0.191 e. The van der Waals surface area contributed by atoms with Gasteiger partial charge >= 0.3 is 0 Å². The van der Waals surface area contributed by atoms with E-state index in [-0.39, 0.29) is 24.0 Å². The quantitative estimate of drug-likeness (QED) is 0.278. The number of aliphatic imine (C=N–C) groups is 1. The first-order chi connectivity index (χ1) is 12.3.